The first kappa shape index (κ1) is 27.7. The van der Waals surface area contributed by atoms with E-state index in [-0.39, 0.29) is 7.43 Å². The van der Waals surface area contributed by atoms with Crippen LogP contribution >= 0.6 is 17.5 Å². The van der Waals surface area contributed by atoms with E-state index in [4.69, 9.17) is 9.47 Å². The fourth-order valence-corrected chi connectivity index (χ4v) is 10.1. The van der Waals surface area contributed by atoms with E-state index in [1.807, 2.05) is 6.07 Å². The summed E-state index contributed by atoms with van der Waals surface area (Å²) in [5, 5.41) is 1.62. The molecule has 0 heterocycles. The average molecular weight is 568 g/mol. The average Bonchev–Trinajstić information content (AvgIpc) is 2.86. The molecule has 0 amide bonds. The molecule has 0 spiro atoms. The van der Waals surface area contributed by atoms with Gasteiger partial charge in [-0.3, -0.25) is 0 Å². The zero-order valence-corrected chi connectivity index (χ0v) is 23.1. The molecular weight excluding hydrogens is 529 g/mol. The monoisotopic (exact) mass is 567 g/mol. The number of ether oxygens (including phenoxy) is 2. The molecule has 2 nitrogen and oxygen atoms in total. The summed E-state index contributed by atoms with van der Waals surface area (Å²) in [4.78, 5) is 0. The predicted octanol–water partition coefficient (Wildman–Crippen LogP) is 8.01. The van der Waals surface area contributed by atoms with Crippen LogP contribution in [0.5, 0.6) is 11.5 Å². The van der Waals surface area contributed by atoms with Crippen LogP contribution in [0.2, 0.25) is 0 Å². The quantitative estimate of drug-likeness (QED) is 0.200. The van der Waals surface area contributed by atoms with E-state index in [9.17, 15) is 0 Å². The molecule has 4 rings (SSSR count). The van der Waals surface area contributed by atoms with Crippen molar-refractivity contribution in [3.63, 3.8) is 0 Å². The first-order valence-corrected chi connectivity index (χ1v) is 15.3. The molecule has 2 aliphatic carbocycles. The molecule has 0 N–H and O–H groups in total. The molecule has 0 atom stereocenters. The summed E-state index contributed by atoms with van der Waals surface area (Å²) in [6, 6.07) is 15.4. The van der Waals surface area contributed by atoms with Gasteiger partial charge in [-0.05, 0) is 69.6 Å². The van der Waals surface area contributed by atoms with Gasteiger partial charge in [-0.1, -0.05) is 37.1 Å². The van der Waals surface area contributed by atoms with Crippen LogP contribution < -0.4 is 14.8 Å². The minimum atomic E-state index is -0.660. The molecule has 2 saturated carbocycles. The fourth-order valence-electron chi connectivity index (χ4n) is 5.67. The maximum atomic E-state index is 5.80. The molecule has 2 fully saturated rings. The van der Waals surface area contributed by atoms with Gasteiger partial charge in [0.05, 0.1) is 31.1 Å². The Balaban J connectivity index is 0.00000118. The third kappa shape index (κ3) is 6.51. The first-order chi connectivity index (χ1) is 15.3. The van der Waals surface area contributed by atoms with Crippen molar-refractivity contribution in [3.8, 4) is 22.6 Å². The molecule has 0 aliphatic heterocycles. The third-order valence-electron chi connectivity index (χ3n) is 7.03. The van der Waals surface area contributed by atoms with Crippen LogP contribution in [0.4, 0.5) is 0 Å². The zero-order valence-electron chi connectivity index (χ0n) is 19.8. The van der Waals surface area contributed by atoms with Crippen LogP contribution in [0.3, 0.4) is 0 Å². The van der Waals surface area contributed by atoms with Crippen LogP contribution in [0, 0.1) is 7.43 Å². The summed E-state index contributed by atoms with van der Waals surface area (Å²) in [5.74, 6) is 1.84. The minimum absolute atomic E-state index is 0. The molecule has 0 unspecified atom stereocenters. The standard InChI is InChI=1S/C26H35O2P.CH3.ClH.Pd/c1-27-23-17-11-18-24(28-2)26(23)22-16-9-10-19-25(22)29(20-12-5-3-6-13-20)21-14-7-4-8-15-21;;;/h9-11,16-21H,3-8,12-15H2,1-2H3;1H3;1H;/q;-1;;+2. The molecule has 5 heteroatoms. The van der Waals surface area contributed by atoms with Crippen molar-refractivity contribution >= 4 is 22.8 Å². The Morgan fingerprint density at radius 2 is 1.19 bits per heavy atom. The van der Waals surface area contributed by atoms with Gasteiger partial charge >= 0.3 is 27.7 Å². The summed E-state index contributed by atoms with van der Waals surface area (Å²) in [7, 11) is 7.37. The van der Waals surface area contributed by atoms with Gasteiger partial charge in [-0.2, -0.15) is 0 Å². The van der Waals surface area contributed by atoms with E-state index in [0.717, 1.165) is 28.4 Å². The van der Waals surface area contributed by atoms with Gasteiger partial charge in [0.1, 0.15) is 16.8 Å². The number of hydrogen-bond donors (Lipinski definition) is 0. The molecule has 0 aromatic heterocycles. The maximum absolute atomic E-state index is 5.80. The van der Waals surface area contributed by atoms with Gasteiger partial charge in [-0.25, -0.2) is 0 Å². The summed E-state index contributed by atoms with van der Waals surface area (Å²) >= 11 is 2.22. The van der Waals surface area contributed by atoms with Crippen LogP contribution in [-0.4, -0.2) is 25.5 Å². The normalized spacial score (nSPS) is 17.2. The number of methoxy groups -OCH3 is 2. The molecule has 180 valence electrons. The fraction of sp³-hybridized carbons (Fsp3) is 0.519. The molecule has 32 heavy (non-hydrogen) atoms. The number of hydrogen-bond acceptors (Lipinski definition) is 2. The van der Waals surface area contributed by atoms with Crippen molar-refractivity contribution in [2.45, 2.75) is 75.5 Å². The second kappa shape index (κ2) is 14.6. The second-order valence-corrected chi connectivity index (χ2v) is 11.8. The van der Waals surface area contributed by atoms with Crippen molar-refractivity contribution < 1.29 is 27.7 Å². The van der Waals surface area contributed by atoms with Crippen LogP contribution in [0.15, 0.2) is 42.5 Å². The molecule has 0 radical (unpaired) electrons. The Morgan fingerprint density at radius 3 is 1.66 bits per heavy atom. The molecule has 0 bridgehead atoms. The van der Waals surface area contributed by atoms with Gasteiger partial charge in [0, 0.05) is 13.5 Å². The van der Waals surface area contributed by atoms with Crippen molar-refractivity contribution in [2.24, 2.45) is 0 Å². The number of rotatable bonds is 6. The zero-order chi connectivity index (χ0) is 22.1. The van der Waals surface area contributed by atoms with Crippen LogP contribution in [-0.2, 0) is 18.2 Å². The Labute approximate surface area is 211 Å². The number of benzene rings is 2. The summed E-state index contributed by atoms with van der Waals surface area (Å²) in [5.41, 5.74) is 4.33. The van der Waals surface area contributed by atoms with Gasteiger partial charge in [0.15, 0.2) is 0 Å². The van der Waals surface area contributed by atoms with Gasteiger partial charge in [0.2, 0.25) is 0 Å². The van der Waals surface area contributed by atoms with Crippen molar-refractivity contribution in [3.05, 3.63) is 49.9 Å². The topological polar surface area (TPSA) is 18.5 Å². The number of halogens is 1. The predicted molar refractivity (Wildman–Crippen MR) is 139 cm³/mol. The molecule has 2 aromatic carbocycles. The molecule has 0 saturated heterocycles. The molecule has 2 aliphatic rings. The summed E-state index contributed by atoms with van der Waals surface area (Å²) in [6.45, 7) is 0. The summed E-state index contributed by atoms with van der Waals surface area (Å²) < 4.78 is 11.6. The first-order valence-electron chi connectivity index (χ1n) is 11.6. The van der Waals surface area contributed by atoms with Crippen molar-refractivity contribution in [2.75, 3.05) is 14.2 Å². The molecular formula is C27H39ClO2PPd+. The van der Waals surface area contributed by atoms with Crippen molar-refractivity contribution in [1.82, 2.24) is 0 Å². The third-order valence-corrected chi connectivity index (χ3v) is 11.0. The summed E-state index contributed by atoms with van der Waals surface area (Å²) in [6.07, 6.45) is 14.3. The van der Waals surface area contributed by atoms with Gasteiger partial charge in [-0.15, -0.1) is 0 Å². The van der Waals surface area contributed by atoms with Crippen LogP contribution in [0.25, 0.3) is 11.1 Å². The van der Waals surface area contributed by atoms with Gasteiger partial charge < -0.3 is 16.9 Å². The Bertz CT molecular complexity index is 764. The van der Waals surface area contributed by atoms with Gasteiger partial charge in [0.25, 0.3) is 0 Å². The van der Waals surface area contributed by atoms with E-state index in [1.54, 1.807) is 19.5 Å². The SMILES string of the molecule is COc1cccc(OC)c1-c1ccccc1[PH+](C1CCCCC1)C1CCCCC1.[CH3-].[Cl][Pd+]. The van der Waals surface area contributed by atoms with E-state index in [1.165, 1.54) is 69.8 Å². The second-order valence-electron chi connectivity index (χ2n) is 8.71. The Kier molecular flexibility index (Phi) is 12.7. The Hall–Kier alpha value is -0.578. The van der Waals surface area contributed by atoms with E-state index >= 15 is 0 Å². The van der Waals surface area contributed by atoms with E-state index in [0.29, 0.717) is 0 Å². The van der Waals surface area contributed by atoms with Crippen molar-refractivity contribution in [1.29, 1.82) is 0 Å². The van der Waals surface area contributed by atoms with E-state index in [2.05, 4.69) is 64.1 Å². The molecule has 2 aromatic rings. The Morgan fingerprint density at radius 1 is 0.719 bits per heavy atom. The van der Waals surface area contributed by atoms with Crippen LogP contribution in [0.1, 0.15) is 64.2 Å². The van der Waals surface area contributed by atoms with E-state index < -0.39 is 7.92 Å².